The molecule has 0 aliphatic heterocycles. The van der Waals surface area contributed by atoms with Gasteiger partial charge in [0.25, 0.3) is 0 Å². The standard InChI is InChI=1S/C16H15Cl2N3O.ClH/c17-11-6-7-12(14(18)9-11)13(15(22)21-16(19)20)8-10-4-2-1-3-5-10;/h1-7,9,13H,8H2,(H4,19,20,21,22);1H/t13-;/m1./s1. The van der Waals surface area contributed by atoms with Crippen LogP contribution in [0.5, 0.6) is 0 Å². The van der Waals surface area contributed by atoms with Crippen LogP contribution in [0, 0.1) is 5.41 Å². The number of amides is 1. The van der Waals surface area contributed by atoms with E-state index in [0.717, 1.165) is 5.56 Å². The molecule has 2 aromatic carbocycles. The van der Waals surface area contributed by atoms with Crippen molar-refractivity contribution in [2.45, 2.75) is 12.3 Å². The maximum Gasteiger partial charge on any atom is 0.234 e. The third-order valence-corrected chi connectivity index (χ3v) is 3.76. The summed E-state index contributed by atoms with van der Waals surface area (Å²) >= 11 is 12.1. The van der Waals surface area contributed by atoms with E-state index >= 15 is 0 Å². The molecule has 0 aromatic heterocycles. The second-order valence-corrected chi connectivity index (χ2v) is 5.65. The first kappa shape index (κ1) is 19.3. The molecule has 122 valence electrons. The maximum atomic E-state index is 12.4. The van der Waals surface area contributed by atoms with Gasteiger partial charge in [0.2, 0.25) is 5.91 Å². The molecule has 1 amide bonds. The number of rotatable bonds is 4. The van der Waals surface area contributed by atoms with Crippen LogP contribution in [0.25, 0.3) is 0 Å². The number of benzene rings is 2. The second-order valence-electron chi connectivity index (χ2n) is 4.81. The Morgan fingerprint density at radius 2 is 1.83 bits per heavy atom. The van der Waals surface area contributed by atoms with Gasteiger partial charge in [0.1, 0.15) is 0 Å². The van der Waals surface area contributed by atoms with E-state index in [1.165, 1.54) is 0 Å². The Hall–Kier alpha value is -1.75. The van der Waals surface area contributed by atoms with Crippen LogP contribution in [-0.4, -0.2) is 11.9 Å². The number of carbonyl (C=O) groups is 1. The molecule has 0 saturated heterocycles. The van der Waals surface area contributed by atoms with Crippen LogP contribution in [0.1, 0.15) is 17.0 Å². The van der Waals surface area contributed by atoms with E-state index in [2.05, 4.69) is 5.32 Å². The zero-order valence-electron chi connectivity index (χ0n) is 12.1. The highest BCUT2D eigenvalue weighted by molar-refractivity contribution is 6.35. The minimum Gasteiger partial charge on any atom is -0.370 e. The van der Waals surface area contributed by atoms with Crippen molar-refractivity contribution in [2.24, 2.45) is 5.73 Å². The summed E-state index contributed by atoms with van der Waals surface area (Å²) in [5.41, 5.74) is 6.89. The minimum absolute atomic E-state index is 0. The largest absolute Gasteiger partial charge is 0.370 e. The number of hydrogen-bond donors (Lipinski definition) is 3. The number of halogens is 3. The molecular weight excluding hydrogens is 357 g/mol. The van der Waals surface area contributed by atoms with Gasteiger partial charge in [0.05, 0.1) is 5.92 Å². The molecule has 0 aliphatic rings. The summed E-state index contributed by atoms with van der Waals surface area (Å²) in [7, 11) is 0. The van der Waals surface area contributed by atoms with Crippen LogP contribution < -0.4 is 11.1 Å². The van der Waals surface area contributed by atoms with Crippen molar-refractivity contribution in [2.75, 3.05) is 0 Å². The summed E-state index contributed by atoms with van der Waals surface area (Å²) in [5, 5.41) is 10.5. The molecule has 0 fully saturated rings. The van der Waals surface area contributed by atoms with Gasteiger partial charge < -0.3 is 5.73 Å². The number of nitrogens with two attached hydrogens (primary N) is 1. The quantitative estimate of drug-likeness (QED) is 0.564. The predicted octanol–water partition coefficient (Wildman–Crippen LogP) is 3.75. The molecule has 0 bridgehead atoms. The Morgan fingerprint density at radius 1 is 1.17 bits per heavy atom. The third kappa shape index (κ3) is 5.43. The topological polar surface area (TPSA) is 79.0 Å². The van der Waals surface area contributed by atoms with Crippen molar-refractivity contribution in [1.82, 2.24) is 5.32 Å². The summed E-state index contributed by atoms with van der Waals surface area (Å²) in [6.07, 6.45) is 0.446. The molecular formula is C16H16Cl3N3O. The van der Waals surface area contributed by atoms with Crippen LogP contribution in [0.15, 0.2) is 48.5 Å². The fourth-order valence-corrected chi connectivity index (χ4v) is 2.74. The van der Waals surface area contributed by atoms with Gasteiger partial charge >= 0.3 is 0 Å². The van der Waals surface area contributed by atoms with E-state index in [1.54, 1.807) is 18.2 Å². The molecule has 2 rings (SSSR count). The molecule has 4 N–H and O–H groups in total. The lowest BCUT2D eigenvalue weighted by Gasteiger charge is -2.18. The van der Waals surface area contributed by atoms with Crippen molar-refractivity contribution in [3.05, 3.63) is 69.7 Å². The zero-order chi connectivity index (χ0) is 16.1. The van der Waals surface area contributed by atoms with Gasteiger partial charge in [-0.3, -0.25) is 15.5 Å². The highest BCUT2D eigenvalue weighted by Gasteiger charge is 2.24. The number of nitrogens with one attached hydrogen (secondary N) is 2. The van der Waals surface area contributed by atoms with Gasteiger partial charge in [-0.05, 0) is 29.7 Å². The van der Waals surface area contributed by atoms with Crippen LogP contribution in [0.2, 0.25) is 10.0 Å². The fraction of sp³-hybridized carbons (Fsp3) is 0.125. The fourth-order valence-electron chi connectivity index (χ4n) is 2.20. The first-order valence-corrected chi connectivity index (χ1v) is 7.36. The molecule has 0 saturated carbocycles. The Balaban J connectivity index is 0.00000264. The van der Waals surface area contributed by atoms with E-state index in [0.29, 0.717) is 22.0 Å². The Bertz CT molecular complexity index is 692. The van der Waals surface area contributed by atoms with E-state index in [4.69, 9.17) is 34.3 Å². The highest BCUT2D eigenvalue weighted by atomic mass is 35.5. The monoisotopic (exact) mass is 371 g/mol. The van der Waals surface area contributed by atoms with Crippen LogP contribution in [-0.2, 0) is 11.2 Å². The number of hydrogen-bond acceptors (Lipinski definition) is 2. The van der Waals surface area contributed by atoms with Crippen molar-refractivity contribution in [3.8, 4) is 0 Å². The van der Waals surface area contributed by atoms with Crippen LogP contribution in [0.4, 0.5) is 0 Å². The minimum atomic E-state index is -0.559. The number of guanidine groups is 1. The average molecular weight is 373 g/mol. The normalized spacial score (nSPS) is 11.2. The van der Waals surface area contributed by atoms with Crippen LogP contribution in [0.3, 0.4) is 0 Å². The van der Waals surface area contributed by atoms with Gasteiger partial charge in [0, 0.05) is 10.0 Å². The van der Waals surface area contributed by atoms with Gasteiger partial charge in [-0.2, -0.15) is 0 Å². The van der Waals surface area contributed by atoms with Crippen molar-refractivity contribution < 1.29 is 4.79 Å². The van der Waals surface area contributed by atoms with Gasteiger partial charge in [0.15, 0.2) is 5.96 Å². The smallest absolute Gasteiger partial charge is 0.234 e. The zero-order valence-corrected chi connectivity index (χ0v) is 14.4. The van der Waals surface area contributed by atoms with Gasteiger partial charge in [-0.15, -0.1) is 12.4 Å². The Kier molecular flexibility index (Phi) is 7.36. The van der Waals surface area contributed by atoms with E-state index in [-0.39, 0.29) is 18.3 Å². The summed E-state index contributed by atoms with van der Waals surface area (Å²) in [6.45, 7) is 0. The van der Waals surface area contributed by atoms with E-state index in [1.807, 2.05) is 30.3 Å². The summed E-state index contributed by atoms with van der Waals surface area (Å²) in [4.78, 5) is 12.4. The maximum absolute atomic E-state index is 12.4. The van der Waals surface area contributed by atoms with E-state index < -0.39 is 11.9 Å². The van der Waals surface area contributed by atoms with Crippen molar-refractivity contribution in [3.63, 3.8) is 0 Å². The predicted molar refractivity (Wildman–Crippen MR) is 96.7 cm³/mol. The molecule has 0 heterocycles. The summed E-state index contributed by atoms with van der Waals surface area (Å²) in [6, 6.07) is 14.6. The highest BCUT2D eigenvalue weighted by Crippen LogP contribution is 2.30. The average Bonchev–Trinajstić information content (AvgIpc) is 2.46. The van der Waals surface area contributed by atoms with Gasteiger partial charge in [-0.1, -0.05) is 59.6 Å². The molecule has 0 aliphatic carbocycles. The van der Waals surface area contributed by atoms with E-state index in [9.17, 15) is 4.79 Å². The van der Waals surface area contributed by atoms with Crippen molar-refractivity contribution in [1.29, 1.82) is 5.41 Å². The SMILES string of the molecule is Cl.N=C(N)NC(=O)[C@H](Cc1ccccc1)c1ccc(Cl)cc1Cl. The lowest BCUT2D eigenvalue weighted by atomic mass is 9.91. The Morgan fingerprint density at radius 3 is 2.39 bits per heavy atom. The first-order chi connectivity index (χ1) is 10.5. The van der Waals surface area contributed by atoms with Crippen molar-refractivity contribution >= 4 is 47.5 Å². The summed E-state index contributed by atoms with van der Waals surface area (Å²) < 4.78 is 0. The molecule has 2 aromatic rings. The number of carbonyl (C=O) groups excluding carboxylic acids is 1. The summed E-state index contributed by atoms with van der Waals surface area (Å²) in [5.74, 6) is -1.33. The molecule has 23 heavy (non-hydrogen) atoms. The molecule has 1 atom stereocenters. The molecule has 0 radical (unpaired) electrons. The molecule has 0 unspecified atom stereocenters. The first-order valence-electron chi connectivity index (χ1n) is 6.61. The van der Waals surface area contributed by atoms with Gasteiger partial charge in [-0.25, -0.2) is 0 Å². The third-order valence-electron chi connectivity index (χ3n) is 3.19. The molecule has 7 heteroatoms. The lowest BCUT2D eigenvalue weighted by molar-refractivity contribution is -0.121. The molecule has 0 spiro atoms. The molecule has 4 nitrogen and oxygen atoms in total. The van der Waals surface area contributed by atoms with Crippen LogP contribution >= 0.6 is 35.6 Å². The Labute approximate surface area is 150 Å². The second kappa shape index (κ2) is 8.77. The lowest BCUT2D eigenvalue weighted by Crippen LogP contribution is -2.39.